The third kappa shape index (κ3) is 3.48. The molecule has 0 aromatic carbocycles. The Bertz CT molecular complexity index is 167. The fourth-order valence-electron chi connectivity index (χ4n) is 1.27. The first-order valence-corrected chi connectivity index (χ1v) is 5.25. The highest BCUT2D eigenvalue weighted by atomic mass is 32.1. The van der Waals surface area contributed by atoms with Crippen molar-refractivity contribution in [1.29, 1.82) is 0 Å². The lowest BCUT2D eigenvalue weighted by molar-refractivity contribution is 0.174. The fourth-order valence-corrected chi connectivity index (χ4v) is 1.54. The summed E-state index contributed by atoms with van der Waals surface area (Å²) >= 11 is 5.16. The molecule has 1 aliphatic rings. The molecule has 0 aromatic rings. The molecule has 0 radical (unpaired) electrons. The van der Waals surface area contributed by atoms with Crippen LogP contribution in [0.5, 0.6) is 0 Å². The van der Waals surface area contributed by atoms with Crippen molar-refractivity contribution in [3.05, 3.63) is 0 Å². The Labute approximate surface area is 85.6 Å². The molecule has 0 amide bonds. The van der Waals surface area contributed by atoms with Gasteiger partial charge in [0.25, 0.3) is 5.17 Å². The Kier molecular flexibility index (Phi) is 4.45. The van der Waals surface area contributed by atoms with E-state index in [9.17, 15) is 0 Å². The first-order chi connectivity index (χ1) is 6.24. The molecule has 1 heterocycles. The zero-order chi connectivity index (χ0) is 9.68. The summed E-state index contributed by atoms with van der Waals surface area (Å²) in [5.41, 5.74) is 0. The number of likely N-dealkylation sites (N-methyl/N-ethyl adjacent to an activating group) is 1. The molecule has 0 aliphatic carbocycles. The van der Waals surface area contributed by atoms with Gasteiger partial charge < -0.3 is 14.5 Å². The fraction of sp³-hybridized carbons (Fsp3) is 0.889. The molecular weight excluding hydrogens is 184 g/mol. The summed E-state index contributed by atoms with van der Waals surface area (Å²) in [5.74, 6) is 0. The van der Waals surface area contributed by atoms with E-state index in [0.717, 1.165) is 39.2 Å². The van der Waals surface area contributed by atoms with Gasteiger partial charge in [-0.15, -0.1) is 0 Å². The van der Waals surface area contributed by atoms with Crippen LogP contribution in [0, 0.1) is 0 Å². The SMILES string of the molecule is CCCOC(=S)N1CCN(C)CC1. The zero-order valence-electron chi connectivity index (χ0n) is 8.45. The molecule has 0 unspecified atom stereocenters. The predicted molar refractivity (Wildman–Crippen MR) is 57.9 cm³/mol. The molecule has 0 N–H and O–H groups in total. The minimum atomic E-state index is 0.676. The molecule has 0 atom stereocenters. The highest BCUT2D eigenvalue weighted by molar-refractivity contribution is 7.80. The topological polar surface area (TPSA) is 15.7 Å². The number of nitrogens with zero attached hydrogens (tertiary/aromatic N) is 2. The maximum atomic E-state index is 5.40. The second kappa shape index (κ2) is 5.40. The van der Waals surface area contributed by atoms with Crippen LogP contribution in [0.1, 0.15) is 13.3 Å². The van der Waals surface area contributed by atoms with Gasteiger partial charge in [0.15, 0.2) is 0 Å². The van der Waals surface area contributed by atoms with E-state index in [1.165, 1.54) is 0 Å². The minimum absolute atomic E-state index is 0.676. The van der Waals surface area contributed by atoms with E-state index >= 15 is 0 Å². The molecule has 3 nitrogen and oxygen atoms in total. The van der Waals surface area contributed by atoms with E-state index in [1.54, 1.807) is 0 Å². The highest BCUT2D eigenvalue weighted by Gasteiger charge is 2.16. The van der Waals surface area contributed by atoms with Crippen LogP contribution in [0.2, 0.25) is 0 Å². The average molecular weight is 202 g/mol. The molecule has 1 rings (SSSR count). The number of hydrogen-bond donors (Lipinski definition) is 0. The van der Waals surface area contributed by atoms with Crippen LogP contribution >= 0.6 is 12.2 Å². The molecular formula is C9H18N2OS. The van der Waals surface area contributed by atoms with Crippen molar-refractivity contribution in [3.63, 3.8) is 0 Å². The van der Waals surface area contributed by atoms with Gasteiger partial charge in [0.05, 0.1) is 6.61 Å². The summed E-state index contributed by atoms with van der Waals surface area (Å²) in [6, 6.07) is 0. The van der Waals surface area contributed by atoms with E-state index in [4.69, 9.17) is 17.0 Å². The van der Waals surface area contributed by atoms with Gasteiger partial charge in [-0.25, -0.2) is 0 Å². The lowest BCUT2D eigenvalue weighted by Crippen LogP contribution is -2.47. The summed E-state index contributed by atoms with van der Waals surface area (Å²) < 4.78 is 5.40. The summed E-state index contributed by atoms with van der Waals surface area (Å²) in [5, 5.41) is 0.676. The summed E-state index contributed by atoms with van der Waals surface area (Å²) in [7, 11) is 2.13. The van der Waals surface area contributed by atoms with Crippen LogP contribution in [0.4, 0.5) is 0 Å². The Hall–Kier alpha value is -0.350. The second-order valence-corrected chi connectivity index (χ2v) is 3.75. The number of ether oxygens (including phenoxy) is 1. The van der Waals surface area contributed by atoms with Gasteiger partial charge in [0.1, 0.15) is 0 Å². The van der Waals surface area contributed by atoms with Crippen molar-refractivity contribution >= 4 is 17.4 Å². The first kappa shape index (κ1) is 10.7. The smallest absolute Gasteiger partial charge is 0.259 e. The van der Waals surface area contributed by atoms with E-state index < -0.39 is 0 Å². The van der Waals surface area contributed by atoms with Gasteiger partial charge in [-0.3, -0.25) is 0 Å². The third-order valence-corrected chi connectivity index (χ3v) is 2.57. The molecule has 0 spiro atoms. The molecule has 13 heavy (non-hydrogen) atoms. The molecule has 0 saturated carbocycles. The number of thiocarbonyl (C=S) groups is 1. The van der Waals surface area contributed by atoms with Crippen molar-refractivity contribution in [2.24, 2.45) is 0 Å². The van der Waals surface area contributed by atoms with E-state index in [1.807, 2.05) is 0 Å². The number of rotatable bonds is 2. The van der Waals surface area contributed by atoms with Gasteiger partial charge in [0, 0.05) is 26.2 Å². The molecule has 0 bridgehead atoms. The number of piperazine rings is 1. The lowest BCUT2D eigenvalue weighted by atomic mass is 10.3. The van der Waals surface area contributed by atoms with Crippen molar-refractivity contribution in [2.75, 3.05) is 39.8 Å². The van der Waals surface area contributed by atoms with Crippen molar-refractivity contribution in [2.45, 2.75) is 13.3 Å². The predicted octanol–water partition coefficient (Wildman–Crippen LogP) is 0.945. The Morgan fingerprint density at radius 1 is 1.31 bits per heavy atom. The van der Waals surface area contributed by atoms with Crippen molar-refractivity contribution < 1.29 is 4.74 Å². The minimum Gasteiger partial charge on any atom is -0.471 e. The molecule has 76 valence electrons. The summed E-state index contributed by atoms with van der Waals surface area (Å²) in [6.45, 7) is 6.99. The van der Waals surface area contributed by atoms with Crippen LogP contribution in [-0.2, 0) is 4.74 Å². The first-order valence-electron chi connectivity index (χ1n) is 4.84. The largest absolute Gasteiger partial charge is 0.471 e. The molecule has 1 saturated heterocycles. The van der Waals surface area contributed by atoms with Gasteiger partial charge in [-0.05, 0) is 25.7 Å². The zero-order valence-corrected chi connectivity index (χ0v) is 9.27. The second-order valence-electron chi connectivity index (χ2n) is 3.40. The molecule has 0 aromatic heterocycles. The monoisotopic (exact) mass is 202 g/mol. The Balaban J connectivity index is 2.23. The van der Waals surface area contributed by atoms with Crippen LogP contribution in [0.3, 0.4) is 0 Å². The van der Waals surface area contributed by atoms with Gasteiger partial charge >= 0.3 is 0 Å². The van der Waals surface area contributed by atoms with Gasteiger partial charge in [-0.2, -0.15) is 0 Å². The van der Waals surface area contributed by atoms with Crippen molar-refractivity contribution in [3.8, 4) is 0 Å². The van der Waals surface area contributed by atoms with Gasteiger partial charge in [-0.1, -0.05) is 6.92 Å². The summed E-state index contributed by atoms with van der Waals surface area (Å²) in [4.78, 5) is 4.45. The van der Waals surface area contributed by atoms with Crippen LogP contribution in [-0.4, -0.2) is 54.8 Å². The molecule has 1 aliphatic heterocycles. The van der Waals surface area contributed by atoms with Crippen LogP contribution in [0.15, 0.2) is 0 Å². The lowest BCUT2D eigenvalue weighted by Gasteiger charge is -2.33. The van der Waals surface area contributed by atoms with E-state index in [0.29, 0.717) is 5.17 Å². The van der Waals surface area contributed by atoms with Gasteiger partial charge in [0.2, 0.25) is 0 Å². The average Bonchev–Trinajstić information content (AvgIpc) is 2.15. The van der Waals surface area contributed by atoms with Crippen LogP contribution in [0.25, 0.3) is 0 Å². The van der Waals surface area contributed by atoms with Crippen molar-refractivity contribution in [1.82, 2.24) is 9.80 Å². The van der Waals surface area contributed by atoms with E-state index in [2.05, 4.69) is 23.8 Å². The summed E-state index contributed by atoms with van der Waals surface area (Å²) in [6.07, 6.45) is 1.02. The van der Waals surface area contributed by atoms with Crippen LogP contribution < -0.4 is 0 Å². The molecule has 1 fully saturated rings. The maximum absolute atomic E-state index is 5.40. The number of hydrogen-bond acceptors (Lipinski definition) is 3. The highest BCUT2D eigenvalue weighted by Crippen LogP contribution is 2.02. The maximum Gasteiger partial charge on any atom is 0.259 e. The quantitative estimate of drug-likeness (QED) is 0.619. The standard InChI is InChI=1S/C9H18N2OS/c1-3-8-12-9(13)11-6-4-10(2)5-7-11/h3-8H2,1-2H3. The normalized spacial score (nSPS) is 18.8. The molecule has 4 heteroatoms. The Morgan fingerprint density at radius 3 is 2.46 bits per heavy atom. The third-order valence-electron chi connectivity index (χ3n) is 2.19. The Morgan fingerprint density at radius 2 is 1.92 bits per heavy atom. The van der Waals surface area contributed by atoms with E-state index in [-0.39, 0.29) is 0 Å².